The lowest BCUT2D eigenvalue weighted by molar-refractivity contribution is -0.143. The van der Waals surface area contributed by atoms with E-state index in [0.717, 1.165) is 0 Å². The standard InChI is InChI=1S/C20H35N7O7/c1-10(28)15(22)18(31)26-14(7-12-8-23-9-24-12)17(30)27-16(11(2)29)19(32)25-13(20(33)34)5-3-4-6-21/h8-11,13-16,28-29H,3-7,21-22H2,1-2H3,(H,23,24)(H,25,32)(H,26,31)(H,27,30)(H,33,34). The van der Waals surface area contributed by atoms with Gasteiger partial charge in [0.1, 0.15) is 24.2 Å². The van der Waals surface area contributed by atoms with Crippen LogP contribution in [0.4, 0.5) is 0 Å². The van der Waals surface area contributed by atoms with E-state index >= 15 is 0 Å². The fourth-order valence-corrected chi connectivity index (χ4v) is 2.98. The summed E-state index contributed by atoms with van der Waals surface area (Å²) in [5.41, 5.74) is 11.5. The summed E-state index contributed by atoms with van der Waals surface area (Å²) >= 11 is 0. The van der Waals surface area contributed by atoms with Gasteiger partial charge in [-0.1, -0.05) is 0 Å². The molecule has 1 aromatic rings. The smallest absolute Gasteiger partial charge is 0.326 e. The first kappa shape index (κ1) is 29.0. The van der Waals surface area contributed by atoms with Gasteiger partial charge in [0.25, 0.3) is 0 Å². The van der Waals surface area contributed by atoms with Crippen molar-refractivity contribution in [2.45, 2.75) is 75.9 Å². The molecule has 0 aliphatic rings. The fourth-order valence-electron chi connectivity index (χ4n) is 2.98. The predicted octanol–water partition coefficient (Wildman–Crippen LogP) is -3.29. The molecule has 0 saturated heterocycles. The van der Waals surface area contributed by atoms with Gasteiger partial charge in [0.2, 0.25) is 17.7 Å². The number of rotatable bonds is 15. The Morgan fingerprint density at radius 3 is 2.15 bits per heavy atom. The molecule has 0 spiro atoms. The molecule has 11 N–H and O–H groups in total. The number of carbonyl (C=O) groups is 4. The van der Waals surface area contributed by atoms with E-state index in [1.807, 2.05) is 0 Å². The molecule has 14 nitrogen and oxygen atoms in total. The lowest BCUT2D eigenvalue weighted by atomic mass is 10.1. The minimum Gasteiger partial charge on any atom is -0.480 e. The van der Waals surface area contributed by atoms with Crippen LogP contribution in [-0.4, -0.2) is 91.9 Å². The number of aromatic amines is 1. The number of amides is 3. The largest absolute Gasteiger partial charge is 0.480 e. The molecule has 6 unspecified atom stereocenters. The average molecular weight is 486 g/mol. The maximum atomic E-state index is 13.0. The predicted molar refractivity (Wildman–Crippen MR) is 120 cm³/mol. The number of carboxylic acid groups (broad SMARTS) is 1. The molecule has 192 valence electrons. The van der Waals surface area contributed by atoms with Crippen LogP contribution in [0.2, 0.25) is 0 Å². The van der Waals surface area contributed by atoms with E-state index in [9.17, 15) is 34.5 Å². The number of unbranched alkanes of at least 4 members (excludes halogenated alkanes) is 1. The highest BCUT2D eigenvalue weighted by Crippen LogP contribution is 2.05. The molecule has 6 atom stereocenters. The van der Waals surface area contributed by atoms with Gasteiger partial charge >= 0.3 is 5.97 Å². The normalized spacial score (nSPS) is 16.4. The third-order valence-corrected chi connectivity index (χ3v) is 5.06. The Kier molecular flexibility index (Phi) is 12.1. The van der Waals surface area contributed by atoms with Gasteiger partial charge in [0.15, 0.2) is 0 Å². The number of nitrogens with zero attached hydrogens (tertiary/aromatic N) is 1. The SMILES string of the molecule is CC(O)C(N)C(=O)NC(Cc1cnc[nH]1)C(=O)NC(C(=O)NC(CCCCN)C(=O)O)C(C)O. The maximum Gasteiger partial charge on any atom is 0.326 e. The van der Waals surface area contributed by atoms with Gasteiger partial charge in [0, 0.05) is 18.3 Å². The Morgan fingerprint density at radius 2 is 1.65 bits per heavy atom. The molecule has 0 fully saturated rings. The molecule has 0 aliphatic heterocycles. The number of imidazole rings is 1. The van der Waals surface area contributed by atoms with Crippen molar-refractivity contribution in [3.63, 3.8) is 0 Å². The monoisotopic (exact) mass is 485 g/mol. The van der Waals surface area contributed by atoms with Crippen LogP contribution in [0.5, 0.6) is 0 Å². The number of aliphatic carboxylic acids is 1. The second-order valence-corrected chi connectivity index (χ2v) is 8.02. The molecular formula is C20H35N7O7. The third-order valence-electron chi connectivity index (χ3n) is 5.06. The van der Waals surface area contributed by atoms with Crippen LogP contribution in [0.3, 0.4) is 0 Å². The fraction of sp³-hybridized carbons (Fsp3) is 0.650. The number of aliphatic hydroxyl groups is 2. The van der Waals surface area contributed by atoms with Gasteiger partial charge in [-0.15, -0.1) is 0 Å². The topological polar surface area (TPSA) is 246 Å². The molecule has 0 bridgehead atoms. The van der Waals surface area contributed by atoms with E-state index < -0.39 is 60.1 Å². The van der Waals surface area contributed by atoms with Gasteiger partial charge < -0.3 is 47.7 Å². The van der Waals surface area contributed by atoms with Crippen LogP contribution >= 0.6 is 0 Å². The molecule has 0 radical (unpaired) electrons. The Balaban J connectivity index is 2.97. The summed E-state index contributed by atoms with van der Waals surface area (Å²) in [6.45, 7) is 2.93. The number of carbonyl (C=O) groups excluding carboxylic acids is 3. The van der Waals surface area contributed by atoms with Gasteiger partial charge in [0.05, 0.1) is 18.5 Å². The zero-order valence-electron chi connectivity index (χ0n) is 19.2. The van der Waals surface area contributed by atoms with Crippen LogP contribution in [0.25, 0.3) is 0 Å². The van der Waals surface area contributed by atoms with E-state index in [1.165, 1.54) is 26.4 Å². The Labute approximate surface area is 196 Å². The average Bonchev–Trinajstić information content (AvgIpc) is 3.28. The van der Waals surface area contributed by atoms with Gasteiger partial charge in [-0.05, 0) is 39.7 Å². The Hall–Kier alpha value is -3.07. The summed E-state index contributed by atoms with van der Waals surface area (Å²) in [6, 6.07) is -5.29. The molecule has 1 aromatic heterocycles. The summed E-state index contributed by atoms with van der Waals surface area (Å²) in [6.07, 6.45) is 1.32. The second-order valence-electron chi connectivity index (χ2n) is 8.02. The van der Waals surface area contributed by atoms with Crippen LogP contribution in [-0.2, 0) is 25.6 Å². The number of nitrogens with one attached hydrogen (secondary N) is 4. The maximum absolute atomic E-state index is 13.0. The highest BCUT2D eigenvalue weighted by atomic mass is 16.4. The van der Waals surface area contributed by atoms with E-state index in [0.29, 0.717) is 25.1 Å². The zero-order chi connectivity index (χ0) is 25.8. The lowest BCUT2D eigenvalue weighted by Gasteiger charge is -2.26. The lowest BCUT2D eigenvalue weighted by Crippen LogP contribution is -2.60. The second kappa shape index (κ2) is 14.2. The number of aromatic nitrogens is 2. The molecule has 1 heterocycles. The van der Waals surface area contributed by atoms with Crippen LogP contribution in [0.15, 0.2) is 12.5 Å². The van der Waals surface area contributed by atoms with Crippen LogP contribution < -0.4 is 27.4 Å². The van der Waals surface area contributed by atoms with E-state index in [-0.39, 0.29) is 12.8 Å². The molecule has 0 saturated carbocycles. The quantitative estimate of drug-likeness (QED) is 0.112. The van der Waals surface area contributed by atoms with Crippen molar-refractivity contribution in [1.29, 1.82) is 0 Å². The third kappa shape index (κ3) is 9.43. The van der Waals surface area contributed by atoms with Gasteiger partial charge in [-0.2, -0.15) is 0 Å². The van der Waals surface area contributed by atoms with E-state index in [1.54, 1.807) is 0 Å². The molecule has 14 heteroatoms. The number of hydrogen-bond acceptors (Lipinski definition) is 9. The first-order valence-electron chi connectivity index (χ1n) is 10.9. The van der Waals surface area contributed by atoms with Crippen molar-refractivity contribution >= 4 is 23.7 Å². The number of aliphatic hydroxyl groups excluding tert-OH is 2. The first-order valence-corrected chi connectivity index (χ1v) is 10.9. The number of H-pyrrole nitrogens is 1. The van der Waals surface area contributed by atoms with E-state index in [2.05, 4.69) is 25.9 Å². The highest BCUT2D eigenvalue weighted by Gasteiger charge is 2.33. The summed E-state index contributed by atoms with van der Waals surface area (Å²) in [5.74, 6) is -3.82. The summed E-state index contributed by atoms with van der Waals surface area (Å²) in [4.78, 5) is 56.1. The molecular weight excluding hydrogens is 450 g/mol. The Bertz CT molecular complexity index is 801. The number of hydrogen-bond donors (Lipinski definition) is 9. The van der Waals surface area contributed by atoms with Crippen molar-refractivity contribution in [3.8, 4) is 0 Å². The number of carboxylic acids is 1. The molecule has 3 amide bonds. The zero-order valence-corrected chi connectivity index (χ0v) is 19.2. The minimum atomic E-state index is -1.50. The van der Waals surface area contributed by atoms with Crippen molar-refractivity contribution in [3.05, 3.63) is 18.2 Å². The van der Waals surface area contributed by atoms with Crippen molar-refractivity contribution < 1.29 is 34.5 Å². The van der Waals surface area contributed by atoms with Crippen LogP contribution in [0.1, 0.15) is 38.8 Å². The molecule has 34 heavy (non-hydrogen) atoms. The van der Waals surface area contributed by atoms with Crippen molar-refractivity contribution in [1.82, 2.24) is 25.9 Å². The van der Waals surface area contributed by atoms with Gasteiger partial charge in [-0.3, -0.25) is 14.4 Å². The first-order chi connectivity index (χ1) is 16.0. The summed E-state index contributed by atoms with van der Waals surface area (Å²) in [7, 11) is 0. The molecule has 1 rings (SSSR count). The summed E-state index contributed by atoms with van der Waals surface area (Å²) in [5, 5.41) is 36.1. The van der Waals surface area contributed by atoms with Crippen molar-refractivity contribution in [2.75, 3.05) is 6.54 Å². The number of nitrogens with two attached hydrogens (primary N) is 2. The van der Waals surface area contributed by atoms with Crippen LogP contribution in [0, 0.1) is 0 Å². The van der Waals surface area contributed by atoms with E-state index in [4.69, 9.17) is 11.5 Å². The van der Waals surface area contributed by atoms with Crippen molar-refractivity contribution in [2.24, 2.45) is 11.5 Å². The van der Waals surface area contributed by atoms with Gasteiger partial charge in [-0.25, -0.2) is 9.78 Å². The molecule has 0 aromatic carbocycles. The highest BCUT2D eigenvalue weighted by molar-refractivity contribution is 5.94. The summed E-state index contributed by atoms with van der Waals surface area (Å²) < 4.78 is 0. The minimum absolute atomic E-state index is 0.0604. The molecule has 0 aliphatic carbocycles. The Morgan fingerprint density at radius 1 is 1.00 bits per heavy atom.